The van der Waals surface area contributed by atoms with Crippen LogP contribution in [0.4, 0.5) is 9.39 Å². The Bertz CT molecular complexity index is 1190. The van der Waals surface area contributed by atoms with E-state index in [2.05, 4.69) is 10.0 Å². The molecule has 7 nitrogen and oxygen atoms in total. The fraction of sp³-hybridized carbons (Fsp3) is 0.238. The molecule has 1 amide bonds. The molecule has 3 rings (SSSR count). The van der Waals surface area contributed by atoms with Crippen molar-refractivity contribution >= 4 is 49.6 Å². The molecular formula is C21H21FN2O5S3. The van der Waals surface area contributed by atoms with E-state index >= 15 is 0 Å². The molecule has 11 heteroatoms. The zero-order valence-electron chi connectivity index (χ0n) is 17.3. The van der Waals surface area contributed by atoms with Crippen LogP contribution in [0.1, 0.15) is 30.6 Å². The van der Waals surface area contributed by atoms with Crippen LogP contribution in [0.2, 0.25) is 0 Å². The van der Waals surface area contributed by atoms with Crippen LogP contribution in [0, 0.1) is 5.82 Å². The van der Waals surface area contributed by atoms with E-state index in [1.807, 2.05) is 17.5 Å². The summed E-state index contributed by atoms with van der Waals surface area (Å²) < 4.78 is 45.8. The van der Waals surface area contributed by atoms with Gasteiger partial charge in [-0.05, 0) is 49.1 Å². The molecule has 2 aromatic heterocycles. The van der Waals surface area contributed by atoms with Crippen molar-refractivity contribution < 1.29 is 27.1 Å². The molecule has 2 heterocycles. The monoisotopic (exact) mass is 496 g/mol. The Hall–Kier alpha value is -2.60. The Balaban J connectivity index is 1.85. The number of benzene rings is 1. The Morgan fingerprint density at radius 1 is 1.12 bits per heavy atom. The quantitative estimate of drug-likeness (QED) is 0.425. The maximum Gasteiger partial charge on any atom is 0.341 e. The maximum absolute atomic E-state index is 13.1. The van der Waals surface area contributed by atoms with Crippen LogP contribution < -0.4 is 10.0 Å². The Morgan fingerprint density at radius 2 is 1.84 bits per heavy atom. The number of anilines is 1. The highest BCUT2D eigenvalue weighted by Crippen LogP contribution is 2.38. The number of esters is 1. The van der Waals surface area contributed by atoms with Crippen molar-refractivity contribution in [1.82, 2.24) is 4.72 Å². The first-order chi connectivity index (χ1) is 15.3. The second-order valence-corrected chi connectivity index (χ2v) is 10.1. The first-order valence-electron chi connectivity index (χ1n) is 9.68. The highest BCUT2D eigenvalue weighted by atomic mass is 32.2. The second kappa shape index (κ2) is 10.3. The number of carbonyl (C=O) groups is 2. The molecule has 2 N–H and O–H groups in total. The lowest BCUT2D eigenvalue weighted by Gasteiger charge is -2.17. The molecule has 0 aliphatic carbocycles. The zero-order valence-corrected chi connectivity index (χ0v) is 19.7. The van der Waals surface area contributed by atoms with Gasteiger partial charge in [0, 0.05) is 15.8 Å². The molecule has 0 fully saturated rings. The molecule has 0 aliphatic heterocycles. The van der Waals surface area contributed by atoms with Gasteiger partial charge in [0.05, 0.1) is 11.5 Å². The van der Waals surface area contributed by atoms with E-state index in [1.54, 1.807) is 19.2 Å². The first-order valence-corrected chi connectivity index (χ1v) is 12.9. The number of carbonyl (C=O) groups excluding carboxylic acids is 2. The van der Waals surface area contributed by atoms with Crippen molar-refractivity contribution in [1.29, 1.82) is 0 Å². The summed E-state index contributed by atoms with van der Waals surface area (Å²) in [7, 11) is -4.06. The van der Waals surface area contributed by atoms with Crippen molar-refractivity contribution in [3.63, 3.8) is 0 Å². The van der Waals surface area contributed by atoms with Crippen molar-refractivity contribution in [2.45, 2.75) is 31.2 Å². The van der Waals surface area contributed by atoms with Gasteiger partial charge in [0.2, 0.25) is 15.9 Å². The lowest BCUT2D eigenvalue weighted by atomic mass is 10.1. The summed E-state index contributed by atoms with van der Waals surface area (Å²) in [6.45, 7) is 3.50. The van der Waals surface area contributed by atoms with Crippen molar-refractivity contribution in [3.05, 3.63) is 58.5 Å². The third-order valence-electron chi connectivity index (χ3n) is 4.44. The average Bonchev–Trinajstić information content (AvgIpc) is 3.42. The van der Waals surface area contributed by atoms with E-state index < -0.39 is 33.8 Å². The molecular weight excluding hydrogens is 475 g/mol. The summed E-state index contributed by atoms with van der Waals surface area (Å²) in [4.78, 5) is 26.2. The minimum atomic E-state index is -4.06. The fourth-order valence-electron chi connectivity index (χ4n) is 2.86. The summed E-state index contributed by atoms with van der Waals surface area (Å²) in [6.07, 6.45) is 0.157. The van der Waals surface area contributed by atoms with Crippen LogP contribution in [0.25, 0.3) is 10.4 Å². The number of hydrogen-bond donors (Lipinski definition) is 2. The molecule has 3 aromatic rings. The Morgan fingerprint density at radius 3 is 2.44 bits per heavy atom. The third kappa shape index (κ3) is 5.41. The summed E-state index contributed by atoms with van der Waals surface area (Å²) in [5.41, 5.74) is 0.864. The van der Waals surface area contributed by atoms with Crippen LogP contribution in [0.15, 0.2) is 52.1 Å². The predicted octanol–water partition coefficient (Wildman–Crippen LogP) is 4.49. The number of nitrogens with one attached hydrogen (secondary N) is 2. The molecule has 0 aliphatic rings. The van der Waals surface area contributed by atoms with Crippen LogP contribution in [0.5, 0.6) is 0 Å². The van der Waals surface area contributed by atoms with Gasteiger partial charge in [-0.25, -0.2) is 17.6 Å². The van der Waals surface area contributed by atoms with E-state index in [9.17, 15) is 22.4 Å². The zero-order chi connectivity index (χ0) is 23.3. The normalized spacial score (nSPS) is 12.3. The molecule has 32 heavy (non-hydrogen) atoms. The van der Waals surface area contributed by atoms with Gasteiger partial charge in [-0.15, -0.1) is 22.7 Å². The minimum absolute atomic E-state index is 0.157. The fourth-order valence-corrected chi connectivity index (χ4v) is 5.91. The molecule has 0 radical (unpaired) electrons. The van der Waals surface area contributed by atoms with Gasteiger partial charge in [-0.2, -0.15) is 4.72 Å². The van der Waals surface area contributed by atoms with E-state index in [-0.39, 0.29) is 28.5 Å². The lowest BCUT2D eigenvalue weighted by molar-refractivity contribution is -0.117. The first kappa shape index (κ1) is 24.1. The van der Waals surface area contributed by atoms with Gasteiger partial charge in [-0.3, -0.25) is 4.79 Å². The minimum Gasteiger partial charge on any atom is -0.462 e. The largest absolute Gasteiger partial charge is 0.462 e. The summed E-state index contributed by atoms with van der Waals surface area (Å²) in [5.74, 6) is -1.77. The van der Waals surface area contributed by atoms with Gasteiger partial charge in [-0.1, -0.05) is 13.0 Å². The Kier molecular flexibility index (Phi) is 7.77. The van der Waals surface area contributed by atoms with E-state index in [0.717, 1.165) is 40.5 Å². The summed E-state index contributed by atoms with van der Waals surface area (Å²) >= 11 is 2.60. The number of halogens is 1. The van der Waals surface area contributed by atoms with Crippen LogP contribution in [0.3, 0.4) is 0 Å². The van der Waals surface area contributed by atoms with Crippen LogP contribution in [-0.4, -0.2) is 32.9 Å². The number of amides is 1. The number of sulfonamides is 1. The number of ether oxygens (including phenoxy) is 1. The molecule has 170 valence electrons. The molecule has 0 spiro atoms. The van der Waals surface area contributed by atoms with Crippen molar-refractivity contribution in [2.24, 2.45) is 0 Å². The van der Waals surface area contributed by atoms with Gasteiger partial charge < -0.3 is 10.1 Å². The molecule has 0 saturated heterocycles. The maximum atomic E-state index is 13.1. The molecule has 1 atom stereocenters. The highest BCUT2D eigenvalue weighted by Gasteiger charge is 2.28. The second-order valence-electron chi connectivity index (χ2n) is 6.58. The number of hydrogen-bond acceptors (Lipinski definition) is 7. The average molecular weight is 497 g/mol. The summed E-state index contributed by atoms with van der Waals surface area (Å²) in [5, 5.41) is 6.56. The van der Waals surface area contributed by atoms with Crippen molar-refractivity contribution in [2.75, 3.05) is 11.9 Å². The molecule has 0 saturated carbocycles. The molecule has 0 bridgehead atoms. The third-order valence-corrected chi connectivity index (χ3v) is 7.73. The van der Waals surface area contributed by atoms with Gasteiger partial charge in [0.25, 0.3) is 0 Å². The standard InChI is InChI=1S/C21H21FN2O5S3/c1-3-16(24-32(27,28)14-9-7-13(22)8-10-14)19(25)23-20-18(21(26)29-4-2)15(12-31-20)17-6-5-11-30-17/h5-12,16,24H,3-4H2,1-2H3,(H,23,25). The SMILES string of the molecule is CCOC(=O)c1c(-c2cccs2)csc1NC(=O)C(CC)NS(=O)(=O)c1ccc(F)cc1. The molecule has 1 unspecified atom stereocenters. The van der Waals surface area contributed by atoms with Crippen LogP contribution >= 0.6 is 22.7 Å². The number of thiophene rings is 2. The van der Waals surface area contributed by atoms with E-state index in [0.29, 0.717) is 5.56 Å². The van der Waals surface area contributed by atoms with E-state index in [1.165, 1.54) is 11.3 Å². The Labute approximate surface area is 193 Å². The highest BCUT2D eigenvalue weighted by molar-refractivity contribution is 7.89. The lowest BCUT2D eigenvalue weighted by Crippen LogP contribution is -2.43. The summed E-state index contributed by atoms with van der Waals surface area (Å²) in [6, 6.07) is 6.89. The number of rotatable bonds is 9. The van der Waals surface area contributed by atoms with Gasteiger partial charge >= 0.3 is 5.97 Å². The van der Waals surface area contributed by atoms with Crippen LogP contribution in [-0.2, 0) is 19.6 Å². The topological polar surface area (TPSA) is 102 Å². The smallest absolute Gasteiger partial charge is 0.341 e. The van der Waals surface area contributed by atoms with E-state index in [4.69, 9.17) is 4.74 Å². The predicted molar refractivity (Wildman–Crippen MR) is 123 cm³/mol. The molecule has 1 aromatic carbocycles. The van der Waals surface area contributed by atoms with Gasteiger partial charge in [0.15, 0.2) is 0 Å². The van der Waals surface area contributed by atoms with Crippen molar-refractivity contribution in [3.8, 4) is 10.4 Å². The van der Waals surface area contributed by atoms with Gasteiger partial charge in [0.1, 0.15) is 22.4 Å².